The van der Waals surface area contributed by atoms with Gasteiger partial charge in [-0.3, -0.25) is 0 Å². The van der Waals surface area contributed by atoms with Crippen molar-refractivity contribution in [1.82, 2.24) is 0 Å². The second kappa shape index (κ2) is 11.2. The fourth-order valence-corrected chi connectivity index (χ4v) is 10.2. The van der Waals surface area contributed by atoms with Crippen LogP contribution in [0.2, 0.25) is 23.2 Å². The third-order valence-electron chi connectivity index (χ3n) is 7.12. The Hall–Kier alpha value is -1.91. The lowest BCUT2D eigenvalue weighted by Crippen LogP contribution is -2.67. The van der Waals surface area contributed by atoms with E-state index in [9.17, 15) is 0 Å². The van der Waals surface area contributed by atoms with Crippen LogP contribution in [0.5, 0.6) is 0 Å². The highest BCUT2D eigenvalue weighted by molar-refractivity contribution is 6.99. The molecule has 0 fully saturated rings. The largest absolute Gasteiger partial charge is 0.410 e. The van der Waals surface area contributed by atoms with Crippen LogP contribution < -0.4 is 10.4 Å². The number of benzene rings is 2. The standard InChI is InChI=1S/C30H44O2Si2/c1-11-19-26(24-25(12-2)31-33(9,10)29(3,4)5)32-34(30(6,7)8,27-20-15-13-16-21-27)28-22-17-14-18-23-28/h1,12-18,20-23,25-26H,2,19,24H2,3-10H3/t25-,26-/m1/s1. The van der Waals surface area contributed by atoms with Crippen molar-refractivity contribution in [2.45, 2.75) is 89.8 Å². The molecule has 0 saturated heterocycles. The molecular weight excluding hydrogens is 449 g/mol. The van der Waals surface area contributed by atoms with Crippen molar-refractivity contribution in [3.8, 4) is 12.3 Å². The van der Waals surface area contributed by atoms with E-state index in [-0.39, 0.29) is 22.3 Å². The molecule has 0 heterocycles. The summed E-state index contributed by atoms with van der Waals surface area (Å²) in [5.41, 5.74) is 0. The van der Waals surface area contributed by atoms with Gasteiger partial charge in [0.2, 0.25) is 0 Å². The summed E-state index contributed by atoms with van der Waals surface area (Å²) in [6.07, 6.45) is 8.81. The van der Waals surface area contributed by atoms with Crippen molar-refractivity contribution in [2.75, 3.05) is 0 Å². The minimum Gasteiger partial charge on any atom is -0.410 e. The van der Waals surface area contributed by atoms with Crippen molar-refractivity contribution < 1.29 is 8.85 Å². The first kappa shape index (κ1) is 28.3. The average Bonchev–Trinajstić information content (AvgIpc) is 2.76. The Kier molecular flexibility index (Phi) is 9.35. The quantitative estimate of drug-likeness (QED) is 0.203. The molecule has 0 bridgehead atoms. The first-order valence-electron chi connectivity index (χ1n) is 12.3. The van der Waals surface area contributed by atoms with Gasteiger partial charge < -0.3 is 8.85 Å². The lowest BCUT2D eigenvalue weighted by atomic mass is 10.1. The van der Waals surface area contributed by atoms with E-state index in [1.807, 2.05) is 6.08 Å². The molecule has 0 aliphatic carbocycles. The van der Waals surface area contributed by atoms with Gasteiger partial charge in [-0.25, -0.2) is 0 Å². The Morgan fingerprint density at radius 2 is 1.32 bits per heavy atom. The van der Waals surface area contributed by atoms with Crippen LogP contribution in [0.25, 0.3) is 0 Å². The van der Waals surface area contributed by atoms with E-state index >= 15 is 0 Å². The molecule has 0 unspecified atom stereocenters. The number of hydrogen-bond acceptors (Lipinski definition) is 2. The molecule has 2 rings (SSSR count). The minimum atomic E-state index is -2.70. The highest BCUT2D eigenvalue weighted by atomic mass is 28.4. The predicted molar refractivity (Wildman–Crippen MR) is 153 cm³/mol. The smallest absolute Gasteiger partial charge is 0.261 e. The molecule has 2 aromatic carbocycles. The summed E-state index contributed by atoms with van der Waals surface area (Å²) in [6.45, 7) is 22.3. The predicted octanol–water partition coefficient (Wildman–Crippen LogP) is 6.92. The first-order valence-corrected chi connectivity index (χ1v) is 17.1. The summed E-state index contributed by atoms with van der Waals surface area (Å²) < 4.78 is 14.1. The molecule has 0 saturated carbocycles. The van der Waals surface area contributed by atoms with Gasteiger partial charge in [0.15, 0.2) is 8.32 Å². The molecule has 2 nitrogen and oxygen atoms in total. The van der Waals surface area contributed by atoms with Gasteiger partial charge in [-0.1, -0.05) is 108 Å². The summed E-state index contributed by atoms with van der Waals surface area (Å²) >= 11 is 0. The second-order valence-corrected chi connectivity index (χ2v) is 20.7. The zero-order chi connectivity index (χ0) is 25.6. The zero-order valence-electron chi connectivity index (χ0n) is 22.5. The molecular formula is C30H44O2Si2. The maximum absolute atomic E-state index is 7.33. The number of terminal acetylenes is 1. The van der Waals surface area contributed by atoms with Crippen molar-refractivity contribution in [1.29, 1.82) is 0 Å². The molecule has 0 radical (unpaired) electrons. The van der Waals surface area contributed by atoms with Crippen molar-refractivity contribution in [2.24, 2.45) is 0 Å². The van der Waals surface area contributed by atoms with Gasteiger partial charge in [-0.05, 0) is 33.5 Å². The van der Waals surface area contributed by atoms with Gasteiger partial charge in [0.1, 0.15) is 0 Å². The Labute approximate surface area is 211 Å². The minimum absolute atomic E-state index is 0.0996. The monoisotopic (exact) mass is 492 g/mol. The van der Waals surface area contributed by atoms with E-state index in [1.165, 1.54) is 10.4 Å². The van der Waals surface area contributed by atoms with Crippen LogP contribution in [-0.2, 0) is 8.85 Å². The number of rotatable bonds is 10. The molecule has 0 amide bonds. The maximum atomic E-state index is 7.33. The summed E-state index contributed by atoms with van der Waals surface area (Å²) in [4.78, 5) is 0. The molecule has 0 aliphatic rings. The topological polar surface area (TPSA) is 18.5 Å². The van der Waals surface area contributed by atoms with Crippen molar-refractivity contribution in [3.63, 3.8) is 0 Å². The fourth-order valence-electron chi connectivity index (χ4n) is 4.25. The van der Waals surface area contributed by atoms with Crippen LogP contribution in [0.3, 0.4) is 0 Å². The van der Waals surface area contributed by atoms with E-state index in [2.05, 4.69) is 128 Å². The zero-order valence-corrected chi connectivity index (χ0v) is 24.5. The average molecular weight is 493 g/mol. The van der Waals surface area contributed by atoms with Crippen molar-refractivity contribution in [3.05, 3.63) is 73.3 Å². The van der Waals surface area contributed by atoms with Gasteiger partial charge in [0.05, 0.1) is 12.2 Å². The van der Waals surface area contributed by atoms with Gasteiger partial charge in [-0.15, -0.1) is 18.9 Å². The van der Waals surface area contributed by atoms with E-state index in [4.69, 9.17) is 15.3 Å². The van der Waals surface area contributed by atoms with Crippen LogP contribution in [0.15, 0.2) is 73.3 Å². The van der Waals surface area contributed by atoms with Crippen molar-refractivity contribution >= 4 is 27.0 Å². The van der Waals surface area contributed by atoms with Crippen LogP contribution in [-0.4, -0.2) is 28.8 Å². The maximum Gasteiger partial charge on any atom is 0.261 e. The van der Waals surface area contributed by atoms with Gasteiger partial charge in [0.25, 0.3) is 8.32 Å². The van der Waals surface area contributed by atoms with E-state index < -0.39 is 16.6 Å². The molecule has 0 N–H and O–H groups in total. The van der Waals surface area contributed by atoms with Gasteiger partial charge >= 0.3 is 0 Å². The van der Waals surface area contributed by atoms with E-state index in [1.54, 1.807) is 0 Å². The highest BCUT2D eigenvalue weighted by Gasteiger charge is 2.51. The van der Waals surface area contributed by atoms with Gasteiger partial charge in [-0.2, -0.15) is 0 Å². The summed E-state index contributed by atoms with van der Waals surface area (Å²) in [7, 11) is -4.67. The number of hydrogen-bond donors (Lipinski definition) is 0. The molecule has 0 aromatic heterocycles. The van der Waals surface area contributed by atoms with Crippen LogP contribution in [0.1, 0.15) is 54.4 Å². The lowest BCUT2D eigenvalue weighted by Gasteiger charge is -2.46. The summed E-state index contributed by atoms with van der Waals surface area (Å²) in [5.74, 6) is 2.89. The summed E-state index contributed by atoms with van der Waals surface area (Å²) in [5, 5.41) is 2.54. The Morgan fingerprint density at radius 3 is 1.68 bits per heavy atom. The van der Waals surface area contributed by atoms with E-state index in [0.29, 0.717) is 12.8 Å². The fraction of sp³-hybridized carbons (Fsp3) is 0.467. The lowest BCUT2D eigenvalue weighted by molar-refractivity contribution is 0.121. The first-order chi connectivity index (χ1) is 15.8. The van der Waals surface area contributed by atoms with Crippen LogP contribution in [0, 0.1) is 12.3 Å². The van der Waals surface area contributed by atoms with E-state index in [0.717, 1.165) is 0 Å². The SMILES string of the molecule is C#CC[C@H](C[C@@H](C=C)O[Si](C)(C)C(C)(C)C)O[Si](c1ccccc1)(c1ccccc1)C(C)(C)C. The van der Waals surface area contributed by atoms with Crippen LogP contribution >= 0.6 is 0 Å². The molecule has 4 heteroatoms. The van der Waals surface area contributed by atoms with Crippen LogP contribution in [0.4, 0.5) is 0 Å². The third kappa shape index (κ3) is 6.40. The molecule has 34 heavy (non-hydrogen) atoms. The Balaban J connectivity index is 2.54. The molecule has 2 aromatic rings. The Bertz CT molecular complexity index is 908. The third-order valence-corrected chi connectivity index (χ3v) is 16.7. The van der Waals surface area contributed by atoms with Gasteiger partial charge in [0, 0.05) is 12.8 Å². The molecule has 0 spiro atoms. The highest BCUT2D eigenvalue weighted by Crippen LogP contribution is 2.40. The molecule has 0 aliphatic heterocycles. The Morgan fingerprint density at radius 1 is 0.853 bits per heavy atom. The summed E-state index contributed by atoms with van der Waals surface area (Å²) in [6, 6.07) is 21.4. The molecule has 2 atom stereocenters. The molecule has 184 valence electrons. The normalized spacial score (nSPS) is 14.8. The second-order valence-electron chi connectivity index (χ2n) is 11.7.